The van der Waals surface area contributed by atoms with E-state index in [4.69, 9.17) is 0 Å². The van der Waals surface area contributed by atoms with Crippen molar-refractivity contribution in [1.29, 1.82) is 0 Å². The molecule has 2 unspecified atom stereocenters. The van der Waals surface area contributed by atoms with Gasteiger partial charge in [-0.05, 0) is 75.2 Å². The zero-order valence-corrected chi connectivity index (χ0v) is 12.8. The van der Waals surface area contributed by atoms with Crippen LogP contribution in [-0.4, -0.2) is 13.6 Å². The molecule has 1 fully saturated rings. The normalized spacial score (nSPS) is 24.2. The van der Waals surface area contributed by atoms with Crippen molar-refractivity contribution in [3.63, 3.8) is 0 Å². The van der Waals surface area contributed by atoms with Crippen molar-refractivity contribution in [3.05, 3.63) is 34.9 Å². The Hall–Kier alpha value is -0.820. The van der Waals surface area contributed by atoms with Crippen LogP contribution < -0.4 is 5.32 Å². The highest BCUT2D eigenvalue weighted by Crippen LogP contribution is 2.32. The smallest absolute Gasteiger partial charge is 0.00208 e. The van der Waals surface area contributed by atoms with E-state index in [0.29, 0.717) is 0 Å². The van der Waals surface area contributed by atoms with Gasteiger partial charge in [-0.1, -0.05) is 37.5 Å². The summed E-state index contributed by atoms with van der Waals surface area (Å²) in [6, 6.07) is 6.73. The molecule has 0 aromatic heterocycles. The molecule has 2 rings (SSSR count). The lowest BCUT2D eigenvalue weighted by atomic mass is 9.81. The molecule has 1 saturated carbocycles. The molecule has 1 aliphatic rings. The average molecular weight is 259 g/mol. The van der Waals surface area contributed by atoms with E-state index >= 15 is 0 Å². The van der Waals surface area contributed by atoms with Crippen LogP contribution in [-0.2, 0) is 6.42 Å². The molecule has 0 amide bonds. The first kappa shape index (κ1) is 14.6. The third-order valence-electron chi connectivity index (χ3n) is 4.89. The minimum Gasteiger partial charge on any atom is -0.319 e. The Morgan fingerprint density at radius 2 is 1.63 bits per heavy atom. The standard InChI is InChI=1S/C18H29N/c1-14-8-7-9-15(2)18(14)12-16-10-5-4-6-11-17(16)13-19-3/h7-9,16-17,19H,4-6,10-13H2,1-3H3. The van der Waals surface area contributed by atoms with Crippen molar-refractivity contribution >= 4 is 0 Å². The van der Waals surface area contributed by atoms with Gasteiger partial charge in [-0.15, -0.1) is 0 Å². The van der Waals surface area contributed by atoms with E-state index in [9.17, 15) is 0 Å². The van der Waals surface area contributed by atoms with Crippen LogP contribution in [0.3, 0.4) is 0 Å². The minimum atomic E-state index is 0.867. The molecule has 2 atom stereocenters. The highest BCUT2D eigenvalue weighted by Gasteiger charge is 2.24. The number of hydrogen-bond acceptors (Lipinski definition) is 1. The second-order valence-corrected chi connectivity index (χ2v) is 6.29. The number of hydrogen-bond donors (Lipinski definition) is 1. The highest BCUT2D eigenvalue weighted by atomic mass is 14.8. The third kappa shape index (κ3) is 3.82. The molecule has 1 heteroatoms. The van der Waals surface area contributed by atoms with Crippen molar-refractivity contribution in [3.8, 4) is 0 Å². The molecule has 0 heterocycles. The lowest BCUT2D eigenvalue weighted by molar-refractivity contribution is 0.303. The summed E-state index contributed by atoms with van der Waals surface area (Å²) < 4.78 is 0. The van der Waals surface area contributed by atoms with Crippen LogP contribution in [0.1, 0.15) is 48.8 Å². The fraction of sp³-hybridized carbons (Fsp3) is 0.667. The Bertz CT molecular complexity index is 376. The largest absolute Gasteiger partial charge is 0.319 e. The van der Waals surface area contributed by atoms with Gasteiger partial charge in [0.25, 0.3) is 0 Å². The Labute approximate surface area is 118 Å². The predicted molar refractivity (Wildman–Crippen MR) is 83.6 cm³/mol. The van der Waals surface area contributed by atoms with Crippen molar-refractivity contribution in [2.45, 2.75) is 52.4 Å². The van der Waals surface area contributed by atoms with Gasteiger partial charge in [0.2, 0.25) is 0 Å². The van der Waals surface area contributed by atoms with Crippen LogP contribution in [0.4, 0.5) is 0 Å². The van der Waals surface area contributed by atoms with Gasteiger partial charge in [0.05, 0.1) is 0 Å². The van der Waals surface area contributed by atoms with Crippen molar-refractivity contribution < 1.29 is 0 Å². The van der Waals surface area contributed by atoms with Gasteiger partial charge in [-0.2, -0.15) is 0 Å². The van der Waals surface area contributed by atoms with Gasteiger partial charge in [-0.25, -0.2) is 0 Å². The van der Waals surface area contributed by atoms with E-state index in [2.05, 4.69) is 44.4 Å². The van der Waals surface area contributed by atoms with Gasteiger partial charge in [0.15, 0.2) is 0 Å². The van der Waals surface area contributed by atoms with E-state index in [-0.39, 0.29) is 0 Å². The monoisotopic (exact) mass is 259 g/mol. The molecule has 0 radical (unpaired) electrons. The zero-order valence-electron chi connectivity index (χ0n) is 12.8. The van der Waals surface area contributed by atoms with Crippen molar-refractivity contribution in [2.75, 3.05) is 13.6 Å². The molecule has 1 aliphatic carbocycles. The van der Waals surface area contributed by atoms with Gasteiger partial charge < -0.3 is 5.32 Å². The molecule has 1 nitrogen and oxygen atoms in total. The van der Waals surface area contributed by atoms with Crippen molar-refractivity contribution in [2.24, 2.45) is 11.8 Å². The highest BCUT2D eigenvalue weighted by molar-refractivity contribution is 5.33. The maximum atomic E-state index is 3.41. The first-order chi connectivity index (χ1) is 9.22. The molecule has 1 N–H and O–H groups in total. The summed E-state index contributed by atoms with van der Waals surface area (Å²) in [7, 11) is 2.10. The van der Waals surface area contributed by atoms with E-state index in [1.807, 2.05) is 0 Å². The van der Waals surface area contributed by atoms with Crippen LogP contribution in [0.25, 0.3) is 0 Å². The van der Waals surface area contributed by atoms with Crippen LogP contribution in [0, 0.1) is 25.7 Å². The maximum absolute atomic E-state index is 3.41. The number of nitrogens with one attached hydrogen (secondary N) is 1. The quantitative estimate of drug-likeness (QED) is 0.797. The number of aryl methyl sites for hydroxylation is 2. The Kier molecular flexibility index (Phi) is 5.45. The first-order valence-electron chi connectivity index (χ1n) is 7.92. The second-order valence-electron chi connectivity index (χ2n) is 6.29. The predicted octanol–water partition coefficient (Wildman–Crippen LogP) is 4.26. The molecule has 1 aromatic carbocycles. The zero-order chi connectivity index (χ0) is 13.7. The van der Waals surface area contributed by atoms with E-state index in [0.717, 1.165) is 11.8 Å². The summed E-state index contributed by atoms with van der Waals surface area (Å²) in [5.41, 5.74) is 4.57. The van der Waals surface area contributed by atoms with Gasteiger partial charge in [0.1, 0.15) is 0 Å². The molecule has 0 bridgehead atoms. The Morgan fingerprint density at radius 3 is 2.26 bits per heavy atom. The summed E-state index contributed by atoms with van der Waals surface area (Å²) in [4.78, 5) is 0. The van der Waals surface area contributed by atoms with Gasteiger partial charge in [0, 0.05) is 0 Å². The summed E-state index contributed by atoms with van der Waals surface area (Å²) in [5.74, 6) is 1.74. The Balaban J connectivity index is 2.13. The molecule has 1 aromatic rings. The second kappa shape index (κ2) is 7.09. The van der Waals surface area contributed by atoms with Crippen LogP contribution in [0.2, 0.25) is 0 Å². The number of benzene rings is 1. The van der Waals surface area contributed by atoms with Crippen LogP contribution in [0.15, 0.2) is 18.2 Å². The summed E-state index contributed by atoms with van der Waals surface area (Å²) in [6.07, 6.45) is 8.40. The third-order valence-corrected chi connectivity index (χ3v) is 4.89. The summed E-state index contributed by atoms with van der Waals surface area (Å²) in [6.45, 7) is 5.73. The minimum absolute atomic E-state index is 0.867. The van der Waals surface area contributed by atoms with Crippen LogP contribution >= 0.6 is 0 Å². The van der Waals surface area contributed by atoms with Gasteiger partial charge >= 0.3 is 0 Å². The lowest BCUT2D eigenvalue weighted by Gasteiger charge is -2.26. The molecular formula is C18H29N. The molecule has 0 aliphatic heterocycles. The Morgan fingerprint density at radius 1 is 1.00 bits per heavy atom. The summed E-state index contributed by atoms with van der Waals surface area (Å²) >= 11 is 0. The molecule has 0 saturated heterocycles. The lowest BCUT2D eigenvalue weighted by Crippen LogP contribution is -2.27. The summed E-state index contributed by atoms with van der Waals surface area (Å²) in [5, 5.41) is 3.41. The van der Waals surface area contributed by atoms with E-state index in [1.165, 1.54) is 56.2 Å². The molecule has 106 valence electrons. The van der Waals surface area contributed by atoms with E-state index < -0.39 is 0 Å². The molecule has 19 heavy (non-hydrogen) atoms. The fourth-order valence-corrected chi connectivity index (χ4v) is 3.69. The van der Waals surface area contributed by atoms with Gasteiger partial charge in [-0.3, -0.25) is 0 Å². The molecule has 0 spiro atoms. The van der Waals surface area contributed by atoms with Crippen LogP contribution in [0.5, 0.6) is 0 Å². The topological polar surface area (TPSA) is 12.0 Å². The molecular weight excluding hydrogens is 230 g/mol. The average Bonchev–Trinajstić information content (AvgIpc) is 2.60. The SMILES string of the molecule is CNCC1CCCCCC1Cc1c(C)cccc1C. The maximum Gasteiger partial charge on any atom is -0.00208 e. The van der Waals surface area contributed by atoms with Crippen molar-refractivity contribution in [1.82, 2.24) is 5.32 Å². The van der Waals surface area contributed by atoms with E-state index in [1.54, 1.807) is 5.56 Å². The fourth-order valence-electron chi connectivity index (χ4n) is 3.69. The number of rotatable bonds is 4. The first-order valence-corrected chi connectivity index (χ1v) is 7.92.